The number of methoxy groups -OCH3 is 1. The number of benzene rings is 2. The molecular weight excluding hydrogens is 347 g/mol. The molecule has 0 spiro atoms. The number of carbonyl (C=O) groups is 2. The summed E-state index contributed by atoms with van der Waals surface area (Å²) in [5, 5.41) is 0.510. The maximum Gasteiger partial charge on any atom is 0.331 e. The van der Waals surface area contributed by atoms with Crippen LogP contribution in [0.4, 0.5) is 4.39 Å². The van der Waals surface area contributed by atoms with Gasteiger partial charge in [-0.05, 0) is 55.0 Å². The molecule has 0 fully saturated rings. The third-order valence-corrected chi connectivity index (χ3v) is 3.63. The summed E-state index contributed by atoms with van der Waals surface area (Å²) in [5.74, 6) is -1.47. The quantitative estimate of drug-likeness (QED) is 0.436. The highest BCUT2D eigenvalue weighted by molar-refractivity contribution is 6.30. The minimum absolute atomic E-state index is 0.113. The SMILES string of the molecule is COc1ccc(/C=C/C(=O)O[C@@H](C)C(=O)c2ccc(Cl)cc2)cc1F. The second-order valence-corrected chi connectivity index (χ2v) is 5.61. The van der Waals surface area contributed by atoms with Gasteiger partial charge in [0.15, 0.2) is 17.7 Å². The van der Waals surface area contributed by atoms with E-state index in [1.54, 1.807) is 30.3 Å². The van der Waals surface area contributed by atoms with E-state index in [0.717, 1.165) is 6.08 Å². The van der Waals surface area contributed by atoms with Crippen molar-refractivity contribution < 1.29 is 23.5 Å². The van der Waals surface area contributed by atoms with Crippen molar-refractivity contribution >= 4 is 29.4 Å². The van der Waals surface area contributed by atoms with Crippen LogP contribution in [-0.2, 0) is 9.53 Å². The van der Waals surface area contributed by atoms with Crippen molar-refractivity contribution in [3.05, 3.63) is 70.5 Å². The first-order valence-electron chi connectivity index (χ1n) is 7.42. The van der Waals surface area contributed by atoms with E-state index >= 15 is 0 Å². The van der Waals surface area contributed by atoms with Crippen LogP contribution in [-0.4, -0.2) is 25.0 Å². The van der Waals surface area contributed by atoms with Crippen molar-refractivity contribution in [3.8, 4) is 5.75 Å². The molecule has 0 aliphatic carbocycles. The molecule has 0 unspecified atom stereocenters. The third-order valence-electron chi connectivity index (χ3n) is 3.38. The molecule has 0 amide bonds. The van der Waals surface area contributed by atoms with Crippen molar-refractivity contribution in [1.29, 1.82) is 0 Å². The van der Waals surface area contributed by atoms with Gasteiger partial charge in [0.05, 0.1) is 7.11 Å². The lowest BCUT2D eigenvalue weighted by Gasteiger charge is -2.10. The molecule has 0 radical (unpaired) electrons. The lowest BCUT2D eigenvalue weighted by atomic mass is 10.1. The summed E-state index contributed by atoms with van der Waals surface area (Å²) < 4.78 is 23.5. The average Bonchev–Trinajstić information content (AvgIpc) is 2.60. The highest BCUT2D eigenvalue weighted by Gasteiger charge is 2.18. The van der Waals surface area contributed by atoms with E-state index in [4.69, 9.17) is 21.1 Å². The highest BCUT2D eigenvalue weighted by atomic mass is 35.5. The number of hydrogen-bond donors (Lipinski definition) is 0. The molecule has 2 rings (SSSR count). The van der Waals surface area contributed by atoms with E-state index in [-0.39, 0.29) is 11.5 Å². The Morgan fingerprint density at radius 2 is 1.84 bits per heavy atom. The number of ketones is 1. The van der Waals surface area contributed by atoms with Gasteiger partial charge in [-0.2, -0.15) is 0 Å². The molecule has 6 heteroatoms. The van der Waals surface area contributed by atoms with Crippen LogP contribution in [0.1, 0.15) is 22.8 Å². The first-order chi connectivity index (χ1) is 11.9. The van der Waals surface area contributed by atoms with E-state index < -0.39 is 17.9 Å². The topological polar surface area (TPSA) is 52.6 Å². The molecule has 0 bridgehead atoms. The molecule has 0 saturated carbocycles. The number of esters is 1. The van der Waals surface area contributed by atoms with Gasteiger partial charge in [-0.15, -0.1) is 0 Å². The fraction of sp³-hybridized carbons (Fsp3) is 0.158. The Hall–Kier alpha value is -2.66. The van der Waals surface area contributed by atoms with Gasteiger partial charge in [0, 0.05) is 16.7 Å². The molecule has 0 saturated heterocycles. The Bertz CT molecular complexity index is 800. The molecule has 4 nitrogen and oxygen atoms in total. The summed E-state index contributed by atoms with van der Waals surface area (Å²) in [4.78, 5) is 24.0. The van der Waals surface area contributed by atoms with E-state index in [1.165, 1.54) is 32.2 Å². The van der Waals surface area contributed by atoms with Gasteiger partial charge in [-0.3, -0.25) is 4.79 Å². The van der Waals surface area contributed by atoms with E-state index in [1.807, 2.05) is 0 Å². The summed E-state index contributed by atoms with van der Waals surface area (Å²) >= 11 is 5.77. The van der Waals surface area contributed by atoms with Crippen LogP contribution in [0.15, 0.2) is 48.5 Å². The van der Waals surface area contributed by atoms with Crippen molar-refractivity contribution in [3.63, 3.8) is 0 Å². The van der Waals surface area contributed by atoms with E-state index in [2.05, 4.69) is 0 Å². The lowest BCUT2D eigenvalue weighted by Crippen LogP contribution is -2.23. The summed E-state index contributed by atoms with van der Waals surface area (Å²) in [6.45, 7) is 1.48. The number of ether oxygens (including phenoxy) is 2. The van der Waals surface area contributed by atoms with Crippen LogP contribution in [0.2, 0.25) is 5.02 Å². The Morgan fingerprint density at radius 3 is 2.44 bits per heavy atom. The van der Waals surface area contributed by atoms with Gasteiger partial charge in [0.1, 0.15) is 0 Å². The summed E-state index contributed by atoms with van der Waals surface area (Å²) in [7, 11) is 1.37. The fourth-order valence-electron chi connectivity index (χ4n) is 2.07. The van der Waals surface area contributed by atoms with Gasteiger partial charge in [-0.1, -0.05) is 17.7 Å². The number of rotatable bonds is 6. The molecule has 1 atom stereocenters. The maximum absolute atomic E-state index is 13.6. The van der Waals surface area contributed by atoms with E-state index in [9.17, 15) is 14.0 Å². The Labute approximate surface area is 149 Å². The van der Waals surface area contributed by atoms with Crippen molar-refractivity contribution in [1.82, 2.24) is 0 Å². The van der Waals surface area contributed by atoms with Crippen molar-refractivity contribution in [2.24, 2.45) is 0 Å². The van der Waals surface area contributed by atoms with Gasteiger partial charge in [0.2, 0.25) is 5.78 Å². The fourth-order valence-corrected chi connectivity index (χ4v) is 2.19. The second-order valence-electron chi connectivity index (χ2n) is 5.18. The van der Waals surface area contributed by atoms with Crippen molar-refractivity contribution in [2.75, 3.05) is 7.11 Å². The van der Waals surface area contributed by atoms with E-state index in [0.29, 0.717) is 16.1 Å². The van der Waals surface area contributed by atoms with Gasteiger partial charge < -0.3 is 9.47 Å². The van der Waals surface area contributed by atoms with Crippen LogP contribution < -0.4 is 4.74 Å². The summed E-state index contributed by atoms with van der Waals surface area (Å²) in [6, 6.07) is 10.6. The highest BCUT2D eigenvalue weighted by Crippen LogP contribution is 2.18. The lowest BCUT2D eigenvalue weighted by molar-refractivity contribution is -0.140. The molecular formula is C19H16ClFO4. The average molecular weight is 363 g/mol. The van der Waals surface area contributed by atoms with Gasteiger partial charge in [-0.25, -0.2) is 9.18 Å². The molecule has 2 aromatic carbocycles. The van der Waals surface area contributed by atoms with Crippen LogP contribution in [0.25, 0.3) is 6.08 Å². The second kappa shape index (κ2) is 8.44. The number of hydrogen-bond acceptors (Lipinski definition) is 4. The standard InChI is InChI=1S/C19H16ClFO4/c1-12(19(23)14-5-7-15(20)8-6-14)25-18(22)10-4-13-3-9-17(24-2)16(21)11-13/h3-12H,1-2H3/b10-4+/t12-/m0/s1. The maximum atomic E-state index is 13.6. The number of Topliss-reactive ketones (excluding diaryl/α,β-unsaturated/α-hetero) is 1. The zero-order valence-corrected chi connectivity index (χ0v) is 14.4. The molecule has 0 aliphatic rings. The van der Waals surface area contributed by atoms with Gasteiger partial charge >= 0.3 is 5.97 Å². The van der Waals surface area contributed by atoms with Crippen molar-refractivity contribution in [2.45, 2.75) is 13.0 Å². The number of carbonyl (C=O) groups excluding carboxylic acids is 2. The molecule has 0 heterocycles. The first-order valence-corrected chi connectivity index (χ1v) is 7.80. The Morgan fingerprint density at radius 1 is 1.16 bits per heavy atom. The van der Waals surface area contributed by atoms with Crippen LogP contribution in [0.3, 0.4) is 0 Å². The molecule has 130 valence electrons. The third kappa shape index (κ3) is 5.16. The van der Waals surface area contributed by atoms with Crippen LogP contribution in [0.5, 0.6) is 5.75 Å². The van der Waals surface area contributed by atoms with Crippen LogP contribution >= 0.6 is 11.6 Å². The predicted molar refractivity (Wildman–Crippen MR) is 93.3 cm³/mol. The zero-order chi connectivity index (χ0) is 18.4. The monoisotopic (exact) mass is 362 g/mol. The normalized spacial score (nSPS) is 12.0. The first kappa shape index (κ1) is 18.7. The molecule has 25 heavy (non-hydrogen) atoms. The summed E-state index contributed by atoms with van der Waals surface area (Å²) in [6.07, 6.45) is 1.57. The Kier molecular flexibility index (Phi) is 6.31. The smallest absolute Gasteiger partial charge is 0.331 e. The molecule has 2 aromatic rings. The molecule has 0 aromatic heterocycles. The predicted octanol–water partition coefficient (Wildman–Crippen LogP) is 4.32. The number of halogens is 2. The Balaban J connectivity index is 1.98. The summed E-state index contributed by atoms with van der Waals surface area (Å²) in [5.41, 5.74) is 0.859. The van der Waals surface area contributed by atoms with Gasteiger partial charge in [0.25, 0.3) is 0 Å². The zero-order valence-electron chi connectivity index (χ0n) is 13.7. The molecule has 0 aliphatic heterocycles. The molecule has 0 N–H and O–H groups in total. The largest absolute Gasteiger partial charge is 0.494 e. The van der Waals surface area contributed by atoms with Crippen LogP contribution in [0, 0.1) is 5.82 Å². The minimum atomic E-state index is -0.953. The minimum Gasteiger partial charge on any atom is -0.494 e.